The lowest BCUT2D eigenvalue weighted by molar-refractivity contribution is -0.151. The van der Waals surface area contributed by atoms with Crippen LogP contribution in [0.5, 0.6) is 0 Å². The number of ether oxygens (including phenoxy) is 2. The van der Waals surface area contributed by atoms with Crippen molar-refractivity contribution in [3.05, 3.63) is 35.6 Å². The molecule has 17 heavy (non-hydrogen) atoms. The summed E-state index contributed by atoms with van der Waals surface area (Å²) in [6.07, 6.45) is 0.615. The molecule has 1 saturated heterocycles. The van der Waals surface area contributed by atoms with Gasteiger partial charge in [0.2, 0.25) is 0 Å². The van der Waals surface area contributed by atoms with Gasteiger partial charge in [0.25, 0.3) is 0 Å². The van der Waals surface area contributed by atoms with Gasteiger partial charge in [-0.25, -0.2) is 4.39 Å². The molecule has 1 aliphatic heterocycles. The Morgan fingerprint density at radius 1 is 1.59 bits per heavy atom. The minimum Gasteiger partial charge on any atom is -0.347 e. The van der Waals surface area contributed by atoms with Crippen LogP contribution in [0.25, 0.3) is 0 Å². The smallest absolute Gasteiger partial charge is 0.170 e. The number of hydrogen-bond donors (Lipinski definition) is 0. The van der Waals surface area contributed by atoms with Gasteiger partial charge >= 0.3 is 0 Å². The zero-order valence-electron chi connectivity index (χ0n) is 9.65. The molecule has 0 spiro atoms. The van der Waals surface area contributed by atoms with Crippen molar-refractivity contribution in [1.82, 2.24) is 0 Å². The SMILES string of the molecule is CC1(Cc2cccc(F)c2)OCC(CC#N)O1. The van der Waals surface area contributed by atoms with Crippen LogP contribution in [0.2, 0.25) is 0 Å². The van der Waals surface area contributed by atoms with Gasteiger partial charge in [0.05, 0.1) is 25.2 Å². The largest absolute Gasteiger partial charge is 0.347 e. The van der Waals surface area contributed by atoms with E-state index in [1.165, 1.54) is 12.1 Å². The van der Waals surface area contributed by atoms with Crippen molar-refractivity contribution in [2.75, 3.05) is 6.61 Å². The first-order valence-electron chi connectivity index (χ1n) is 5.54. The van der Waals surface area contributed by atoms with Crippen LogP contribution in [-0.2, 0) is 15.9 Å². The molecule has 3 nitrogen and oxygen atoms in total. The minimum atomic E-state index is -0.755. The van der Waals surface area contributed by atoms with Crippen molar-refractivity contribution >= 4 is 0 Å². The third-order valence-electron chi connectivity index (χ3n) is 2.72. The van der Waals surface area contributed by atoms with Crippen LogP contribution >= 0.6 is 0 Å². The predicted octanol–water partition coefficient (Wildman–Crippen LogP) is 2.41. The summed E-state index contributed by atoms with van der Waals surface area (Å²) in [4.78, 5) is 0. The van der Waals surface area contributed by atoms with Crippen LogP contribution in [0.1, 0.15) is 18.9 Å². The average molecular weight is 235 g/mol. The van der Waals surface area contributed by atoms with Crippen molar-refractivity contribution in [3.63, 3.8) is 0 Å². The molecule has 0 aliphatic carbocycles. The molecule has 1 heterocycles. The third-order valence-corrected chi connectivity index (χ3v) is 2.72. The maximum absolute atomic E-state index is 13.0. The van der Waals surface area contributed by atoms with Crippen LogP contribution in [0, 0.1) is 17.1 Å². The number of rotatable bonds is 3. The molecule has 2 atom stereocenters. The molecule has 4 heteroatoms. The fourth-order valence-electron chi connectivity index (χ4n) is 2.00. The molecule has 0 N–H and O–H groups in total. The third kappa shape index (κ3) is 3.02. The Kier molecular flexibility index (Phi) is 3.41. The molecule has 1 aromatic rings. The lowest BCUT2D eigenvalue weighted by atomic mass is 10.1. The van der Waals surface area contributed by atoms with Crippen molar-refractivity contribution in [2.45, 2.75) is 31.7 Å². The highest BCUT2D eigenvalue weighted by atomic mass is 19.1. The van der Waals surface area contributed by atoms with Crippen molar-refractivity contribution in [3.8, 4) is 6.07 Å². The van der Waals surface area contributed by atoms with Crippen molar-refractivity contribution < 1.29 is 13.9 Å². The van der Waals surface area contributed by atoms with Crippen LogP contribution in [-0.4, -0.2) is 18.5 Å². The van der Waals surface area contributed by atoms with Crippen LogP contribution in [0.15, 0.2) is 24.3 Å². The van der Waals surface area contributed by atoms with Gasteiger partial charge < -0.3 is 9.47 Å². The molecule has 0 amide bonds. The maximum atomic E-state index is 13.0. The molecule has 0 saturated carbocycles. The first-order chi connectivity index (χ1) is 8.11. The fraction of sp³-hybridized carbons (Fsp3) is 0.462. The van der Waals surface area contributed by atoms with E-state index in [1.54, 1.807) is 6.07 Å². The van der Waals surface area contributed by atoms with E-state index in [4.69, 9.17) is 14.7 Å². The highest BCUT2D eigenvalue weighted by Crippen LogP contribution is 2.28. The second-order valence-corrected chi connectivity index (χ2v) is 4.35. The summed E-state index contributed by atoms with van der Waals surface area (Å²) in [6.45, 7) is 2.23. The monoisotopic (exact) mass is 235 g/mol. The molecule has 1 fully saturated rings. The van der Waals surface area contributed by atoms with Crippen molar-refractivity contribution in [2.24, 2.45) is 0 Å². The summed E-state index contributed by atoms with van der Waals surface area (Å²) in [5.74, 6) is -1.02. The van der Waals surface area contributed by atoms with E-state index in [-0.39, 0.29) is 11.9 Å². The highest BCUT2D eigenvalue weighted by Gasteiger charge is 2.37. The number of halogens is 1. The Morgan fingerprint density at radius 3 is 3.12 bits per heavy atom. The predicted molar refractivity (Wildman–Crippen MR) is 59.6 cm³/mol. The molecular weight excluding hydrogens is 221 g/mol. The molecule has 1 aromatic carbocycles. The Bertz CT molecular complexity index is 443. The average Bonchev–Trinajstić information content (AvgIpc) is 2.60. The van der Waals surface area contributed by atoms with Gasteiger partial charge in [0.15, 0.2) is 5.79 Å². The standard InChI is InChI=1S/C13H14FNO2/c1-13(16-9-12(17-13)5-6-15)8-10-3-2-4-11(14)7-10/h2-4,7,12H,5,8-9H2,1H3. The van der Waals surface area contributed by atoms with Gasteiger partial charge in [-0.15, -0.1) is 0 Å². The topological polar surface area (TPSA) is 42.2 Å². The Balaban J connectivity index is 2.02. The molecule has 2 unspecified atom stereocenters. The molecule has 2 rings (SSSR count). The fourth-order valence-corrected chi connectivity index (χ4v) is 2.00. The van der Waals surface area contributed by atoms with Crippen LogP contribution < -0.4 is 0 Å². The van der Waals surface area contributed by atoms with E-state index in [2.05, 4.69) is 6.07 Å². The molecule has 0 bridgehead atoms. The summed E-state index contributed by atoms with van der Waals surface area (Å²) in [5.41, 5.74) is 0.824. The molecular formula is C13H14FNO2. The maximum Gasteiger partial charge on any atom is 0.170 e. The van der Waals surface area contributed by atoms with Gasteiger partial charge in [0, 0.05) is 6.42 Å². The quantitative estimate of drug-likeness (QED) is 0.808. The van der Waals surface area contributed by atoms with E-state index in [0.29, 0.717) is 19.4 Å². The van der Waals surface area contributed by atoms with E-state index < -0.39 is 5.79 Å². The van der Waals surface area contributed by atoms with Crippen molar-refractivity contribution in [1.29, 1.82) is 5.26 Å². The Hall–Kier alpha value is -1.44. The summed E-state index contributed by atoms with van der Waals surface area (Å²) >= 11 is 0. The first kappa shape index (κ1) is 12.0. The van der Waals surface area contributed by atoms with Gasteiger partial charge in [-0.2, -0.15) is 5.26 Å². The van der Waals surface area contributed by atoms with Gasteiger partial charge in [-0.1, -0.05) is 12.1 Å². The second kappa shape index (κ2) is 4.82. The highest BCUT2D eigenvalue weighted by molar-refractivity contribution is 5.17. The second-order valence-electron chi connectivity index (χ2n) is 4.35. The first-order valence-corrected chi connectivity index (χ1v) is 5.54. The Morgan fingerprint density at radius 2 is 2.41 bits per heavy atom. The van der Waals surface area contributed by atoms with E-state index in [1.807, 2.05) is 13.0 Å². The van der Waals surface area contributed by atoms with Crippen LogP contribution in [0.3, 0.4) is 0 Å². The normalized spacial score (nSPS) is 27.9. The molecule has 0 radical (unpaired) electrons. The summed E-state index contributed by atoms with van der Waals surface area (Å²) < 4.78 is 24.3. The number of nitriles is 1. The number of hydrogen-bond acceptors (Lipinski definition) is 3. The summed E-state index contributed by atoms with van der Waals surface area (Å²) in [5, 5.41) is 8.59. The molecule has 90 valence electrons. The van der Waals surface area contributed by atoms with E-state index in [9.17, 15) is 4.39 Å². The lowest BCUT2D eigenvalue weighted by Crippen LogP contribution is -2.29. The molecule has 1 aliphatic rings. The zero-order valence-corrected chi connectivity index (χ0v) is 9.65. The zero-order chi connectivity index (χ0) is 12.3. The number of benzene rings is 1. The summed E-state index contributed by atoms with van der Waals surface area (Å²) in [6, 6.07) is 8.42. The van der Waals surface area contributed by atoms with Crippen LogP contribution in [0.4, 0.5) is 4.39 Å². The molecule has 0 aromatic heterocycles. The lowest BCUT2D eigenvalue weighted by Gasteiger charge is -2.23. The van der Waals surface area contributed by atoms with E-state index in [0.717, 1.165) is 5.56 Å². The van der Waals surface area contributed by atoms with Gasteiger partial charge in [-0.3, -0.25) is 0 Å². The minimum absolute atomic E-state index is 0.182. The van der Waals surface area contributed by atoms with Gasteiger partial charge in [0.1, 0.15) is 5.82 Å². The number of nitrogens with zero attached hydrogens (tertiary/aromatic N) is 1. The van der Waals surface area contributed by atoms with E-state index >= 15 is 0 Å². The Labute approximate surface area is 99.8 Å². The van der Waals surface area contributed by atoms with Gasteiger partial charge in [-0.05, 0) is 24.6 Å². The summed E-state index contributed by atoms with van der Waals surface area (Å²) in [7, 11) is 0.